The van der Waals surface area contributed by atoms with Crippen LogP contribution >= 0.6 is 0 Å². The second-order valence-corrected chi connectivity index (χ2v) is 14.1. The summed E-state index contributed by atoms with van der Waals surface area (Å²) in [7, 11) is 0. The van der Waals surface area contributed by atoms with Gasteiger partial charge < -0.3 is 9.32 Å². The zero-order valence-electron chi connectivity index (χ0n) is 30.0. The van der Waals surface area contributed by atoms with Crippen LogP contribution in [0.25, 0.3) is 66.4 Å². The average molecular weight is 694 g/mol. The summed E-state index contributed by atoms with van der Waals surface area (Å²) in [6.07, 6.45) is 0. The smallest absolute Gasteiger partial charge is 0.194 e. The maximum Gasteiger partial charge on any atom is 0.194 e. The van der Waals surface area contributed by atoms with Crippen LogP contribution in [0.5, 0.6) is 0 Å². The molecule has 1 aromatic heterocycles. The monoisotopic (exact) mass is 693 g/mol. The zero-order valence-corrected chi connectivity index (χ0v) is 30.0. The molecule has 8 aromatic carbocycles. The summed E-state index contributed by atoms with van der Waals surface area (Å²) < 4.78 is 6.39. The number of anilines is 3. The van der Waals surface area contributed by atoms with Crippen molar-refractivity contribution in [3.63, 3.8) is 0 Å². The molecule has 3 heteroatoms. The second-order valence-electron chi connectivity index (χ2n) is 14.1. The highest BCUT2D eigenvalue weighted by Gasteiger charge is 2.29. The van der Waals surface area contributed by atoms with Gasteiger partial charge in [0.05, 0.1) is 0 Å². The Balaban J connectivity index is 1.07. The number of nitrogens with zero attached hydrogens (tertiary/aromatic N) is 1. The third-order valence-electron chi connectivity index (χ3n) is 10.9. The van der Waals surface area contributed by atoms with Crippen LogP contribution in [0.15, 0.2) is 180 Å². The summed E-state index contributed by atoms with van der Waals surface area (Å²) in [5, 5.41) is 2.24. The maximum absolute atomic E-state index is 13.6. The van der Waals surface area contributed by atoms with Gasteiger partial charge in [0.1, 0.15) is 11.2 Å². The van der Waals surface area contributed by atoms with Crippen LogP contribution in [0.2, 0.25) is 0 Å². The van der Waals surface area contributed by atoms with Crippen LogP contribution in [0.3, 0.4) is 0 Å². The van der Waals surface area contributed by atoms with Gasteiger partial charge in [-0.3, -0.25) is 4.79 Å². The molecule has 9 aromatic rings. The highest BCUT2D eigenvalue weighted by atomic mass is 16.3. The quantitative estimate of drug-likeness (QED) is 0.174. The third-order valence-corrected chi connectivity index (χ3v) is 10.9. The molecular weight excluding hydrogens is 659 g/mol. The summed E-state index contributed by atoms with van der Waals surface area (Å²) in [5.41, 5.74) is 17.5. The van der Waals surface area contributed by atoms with E-state index in [1.54, 1.807) is 0 Å². The van der Waals surface area contributed by atoms with Crippen molar-refractivity contribution in [1.82, 2.24) is 0 Å². The molecule has 0 N–H and O–H groups in total. The molecule has 0 amide bonds. The van der Waals surface area contributed by atoms with E-state index in [4.69, 9.17) is 4.42 Å². The molecule has 1 aliphatic carbocycles. The van der Waals surface area contributed by atoms with Crippen molar-refractivity contribution in [3.05, 3.63) is 198 Å². The van der Waals surface area contributed by atoms with Crippen molar-refractivity contribution < 1.29 is 9.21 Å². The average Bonchev–Trinajstić information content (AvgIpc) is 3.74. The van der Waals surface area contributed by atoms with Gasteiger partial charge in [0.15, 0.2) is 5.78 Å². The molecule has 0 aliphatic heterocycles. The number of hydrogen-bond donors (Lipinski definition) is 0. The normalized spacial score (nSPS) is 11.9. The zero-order chi connectivity index (χ0) is 36.3. The van der Waals surface area contributed by atoms with Crippen LogP contribution in [0.1, 0.15) is 27.0 Å². The second kappa shape index (κ2) is 12.6. The van der Waals surface area contributed by atoms with Crippen LogP contribution in [0, 0.1) is 13.8 Å². The number of carbonyl (C=O) groups excluding carboxylic acids is 1. The summed E-state index contributed by atoms with van der Waals surface area (Å²) in [6, 6.07) is 61.3. The number of benzene rings is 8. The standard InChI is InChI=1S/C51H35NO2/c1-32-11-3-4-12-39(32)40-30-29-38(31-33(40)2)52(37-27-23-35(24-28-37)42-17-10-19-47-44-14-7-8-20-48(44)54-51(42)47)36-25-21-34(22-26-36)41-16-9-18-45-43-13-5-6-15-46(43)50(53)49(41)45/h3-31H,1-2H3. The first kappa shape index (κ1) is 31.7. The summed E-state index contributed by atoms with van der Waals surface area (Å²) in [4.78, 5) is 15.9. The Morgan fingerprint density at radius 2 is 0.944 bits per heavy atom. The molecule has 0 atom stereocenters. The van der Waals surface area contributed by atoms with Crippen molar-refractivity contribution in [1.29, 1.82) is 0 Å². The molecule has 54 heavy (non-hydrogen) atoms. The minimum atomic E-state index is 0.0875. The largest absolute Gasteiger partial charge is 0.455 e. The number of furan rings is 1. The molecular formula is C51H35NO2. The first-order valence-corrected chi connectivity index (χ1v) is 18.4. The number of hydrogen-bond acceptors (Lipinski definition) is 3. The first-order chi connectivity index (χ1) is 26.5. The van der Waals surface area contributed by atoms with E-state index in [1.165, 1.54) is 22.3 Å². The molecule has 0 saturated carbocycles. The number of carbonyl (C=O) groups is 1. The molecule has 1 heterocycles. The SMILES string of the molecule is Cc1ccccc1-c1ccc(N(c2ccc(-c3cccc4c3C(=O)c3ccccc3-4)cc2)c2ccc(-c3cccc4c3oc3ccccc34)cc2)cc1C. The van der Waals surface area contributed by atoms with E-state index in [-0.39, 0.29) is 5.78 Å². The lowest BCUT2D eigenvalue weighted by Gasteiger charge is -2.27. The van der Waals surface area contributed by atoms with E-state index < -0.39 is 0 Å². The number of ketones is 1. The Hall–Kier alpha value is -6.97. The van der Waals surface area contributed by atoms with E-state index in [9.17, 15) is 4.79 Å². The lowest BCUT2D eigenvalue weighted by Crippen LogP contribution is -2.10. The number of rotatable bonds is 6. The Morgan fingerprint density at radius 1 is 0.407 bits per heavy atom. The Bertz CT molecular complexity index is 2910. The van der Waals surface area contributed by atoms with Gasteiger partial charge in [-0.25, -0.2) is 0 Å². The lowest BCUT2D eigenvalue weighted by atomic mass is 9.94. The molecule has 0 unspecified atom stereocenters. The molecule has 0 radical (unpaired) electrons. The first-order valence-electron chi connectivity index (χ1n) is 18.4. The molecule has 10 rings (SSSR count). The fraction of sp³-hybridized carbons (Fsp3) is 0.0392. The highest BCUT2D eigenvalue weighted by Crippen LogP contribution is 2.44. The maximum atomic E-state index is 13.6. The van der Waals surface area contributed by atoms with Crippen LogP contribution < -0.4 is 4.90 Å². The van der Waals surface area contributed by atoms with Crippen LogP contribution in [0.4, 0.5) is 17.1 Å². The summed E-state index contributed by atoms with van der Waals surface area (Å²) in [5.74, 6) is 0.0875. The van der Waals surface area contributed by atoms with Gasteiger partial charge >= 0.3 is 0 Å². The topological polar surface area (TPSA) is 33.5 Å². The van der Waals surface area contributed by atoms with Crippen LogP contribution in [-0.2, 0) is 0 Å². The van der Waals surface area contributed by atoms with Crippen molar-refractivity contribution in [2.45, 2.75) is 13.8 Å². The van der Waals surface area contributed by atoms with Gasteiger partial charge in [-0.1, -0.05) is 133 Å². The summed E-state index contributed by atoms with van der Waals surface area (Å²) >= 11 is 0. The minimum Gasteiger partial charge on any atom is -0.455 e. The van der Waals surface area contributed by atoms with Gasteiger partial charge in [-0.05, 0) is 106 Å². The minimum absolute atomic E-state index is 0.0875. The highest BCUT2D eigenvalue weighted by molar-refractivity contribution is 6.24. The van der Waals surface area contributed by atoms with E-state index >= 15 is 0 Å². The fourth-order valence-corrected chi connectivity index (χ4v) is 8.28. The molecule has 0 bridgehead atoms. The molecule has 3 nitrogen and oxygen atoms in total. The van der Waals surface area contributed by atoms with Crippen molar-refractivity contribution in [2.75, 3.05) is 4.90 Å². The predicted octanol–water partition coefficient (Wildman–Crippen LogP) is 13.9. The molecule has 0 spiro atoms. The Kier molecular flexibility index (Phi) is 7.41. The third kappa shape index (κ3) is 5.08. The van der Waals surface area contributed by atoms with Gasteiger partial charge in [0.2, 0.25) is 0 Å². The van der Waals surface area contributed by atoms with Gasteiger partial charge in [-0.2, -0.15) is 0 Å². The van der Waals surface area contributed by atoms with Gasteiger partial charge in [0, 0.05) is 44.5 Å². The van der Waals surface area contributed by atoms with E-state index in [0.717, 1.165) is 83.5 Å². The molecule has 256 valence electrons. The number of para-hydroxylation sites is 2. The molecule has 1 aliphatic rings. The molecule has 0 fully saturated rings. The van der Waals surface area contributed by atoms with Gasteiger partial charge in [-0.15, -0.1) is 0 Å². The molecule has 0 saturated heterocycles. The van der Waals surface area contributed by atoms with Crippen molar-refractivity contribution in [2.24, 2.45) is 0 Å². The van der Waals surface area contributed by atoms with Crippen LogP contribution in [-0.4, -0.2) is 5.78 Å². The Morgan fingerprint density at radius 3 is 1.69 bits per heavy atom. The summed E-state index contributed by atoms with van der Waals surface area (Å²) in [6.45, 7) is 4.35. The van der Waals surface area contributed by atoms with Crippen molar-refractivity contribution >= 4 is 44.8 Å². The van der Waals surface area contributed by atoms with Crippen molar-refractivity contribution in [3.8, 4) is 44.5 Å². The number of fused-ring (bicyclic) bond motifs is 6. The Labute approximate surface area is 314 Å². The predicted molar refractivity (Wildman–Crippen MR) is 223 cm³/mol. The van der Waals surface area contributed by atoms with E-state index in [2.05, 4.69) is 158 Å². The fourth-order valence-electron chi connectivity index (χ4n) is 8.28. The lowest BCUT2D eigenvalue weighted by molar-refractivity contribution is 0.104. The van der Waals surface area contributed by atoms with E-state index in [1.807, 2.05) is 36.4 Å². The van der Waals surface area contributed by atoms with E-state index in [0.29, 0.717) is 0 Å². The number of aryl methyl sites for hydroxylation is 2. The van der Waals surface area contributed by atoms with Gasteiger partial charge in [0.25, 0.3) is 0 Å².